The van der Waals surface area contributed by atoms with Crippen LogP contribution in [0.2, 0.25) is 0 Å². The molecule has 0 aromatic heterocycles. The van der Waals surface area contributed by atoms with Gasteiger partial charge >= 0.3 is 5.97 Å². The van der Waals surface area contributed by atoms with Crippen LogP contribution in [-0.4, -0.2) is 30.9 Å². The normalized spacial score (nSPS) is 10.9. The van der Waals surface area contributed by atoms with Crippen molar-refractivity contribution in [2.75, 3.05) is 18.5 Å². The number of nitrogens with one attached hydrogen (secondary N) is 2. The quantitative estimate of drug-likeness (QED) is 0.698. The standard InChI is InChI=1S/C22H25FN2O4/c1-22(2,3)16-6-4-15(5-7-16)21(28)24-13-12-20(27)29-14-19(26)25-18-10-8-17(23)9-11-18/h4-11H,12-14H2,1-3H3,(H,24,28)(H,25,26). The fourth-order valence-corrected chi connectivity index (χ4v) is 2.45. The average molecular weight is 400 g/mol. The van der Waals surface area contributed by atoms with Gasteiger partial charge in [0.15, 0.2) is 6.61 Å². The van der Waals surface area contributed by atoms with E-state index in [-0.39, 0.29) is 24.3 Å². The minimum Gasteiger partial charge on any atom is -0.456 e. The number of hydrogen-bond donors (Lipinski definition) is 2. The summed E-state index contributed by atoms with van der Waals surface area (Å²) in [7, 11) is 0. The highest BCUT2D eigenvalue weighted by Crippen LogP contribution is 2.22. The van der Waals surface area contributed by atoms with Gasteiger partial charge in [-0.3, -0.25) is 14.4 Å². The first-order chi connectivity index (χ1) is 13.6. The van der Waals surface area contributed by atoms with Gasteiger partial charge in [-0.2, -0.15) is 0 Å². The molecule has 29 heavy (non-hydrogen) atoms. The van der Waals surface area contributed by atoms with Crippen LogP contribution in [0.25, 0.3) is 0 Å². The number of halogens is 1. The lowest BCUT2D eigenvalue weighted by Crippen LogP contribution is -2.27. The first kappa shape index (κ1) is 22.1. The summed E-state index contributed by atoms with van der Waals surface area (Å²) in [5, 5.41) is 5.13. The van der Waals surface area contributed by atoms with Crippen LogP contribution in [-0.2, 0) is 19.7 Å². The number of rotatable bonds is 7. The van der Waals surface area contributed by atoms with Gasteiger partial charge in [0.05, 0.1) is 6.42 Å². The predicted octanol–water partition coefficient (Wildman–Crippen LogP) is 3.43. The topological polar surface area (TPSA) is 84.5 Å². The van der Waals surface area contributed by atoms with E-state index in [9.17, 15) is 18.8 Å². The molecule has 0 spiro atoms. The molecule has 0 fully saturated rings. The van der Waals surface area contributed by atoms with Gasteiger partial charge in [-0.15, -0.1) is 0 Å². The second-order valence-electron chi connectivity index (χ2n) is 7.55. The molecule has 2 N–H and O–H groups in total. The van der Waals surface area contributed by atoms with Crippen LogP contribution >= 0.6 is 0 Å². The molecule has 154 valence electrons. The molecular formula is C22H25FN2O4. The van der Waals surface area contributed by atoms with Crippen molar-refractivity contribution >= 4 is 23.5 Å². The van der Waals surface area contributed by atoms with Crippen molar-refractivity contribution in [2.24, 2.45) is 0 Å². The highest BCUT2D eigenvalue weighted by Gasteiger charge is 2.14. The molecule has 0 aliphatic carbocycles. The Hall–Kier alpha value is -3.22. The molecule has 0 atom stereocenters. The van der Waals surface area contributed by atoms with Gasteiger partial charge in [-0.1, -0.05) is 32.9 Å². The third kappa shape index (κ3) is 7.37. The molecule has 7 heteroatoms. The van der Waals surface area contributed by atoms with Crippen molar-refractivity contribution in [3.8, 4) is 0 Å². The lowest BCUT2D eigenvalue weighted by atomic mass is 9.87. The maximum absolute atomic E-state index is 12.8. The summed E-state index contributed by atoms with van der Waals surface area (Å²) in [5.41, 5.74) is 2.03. The molecule has 2 aromatic carbocycles. The molecular weight excluding hydrogens is 375 g/mol. The van der Waals surface area contributed by atoms with E-state index in [1.165, 1.54) is 24.3 Å². The zero-order valence-corrected chi connectivity index (χ0v) is 16.8. The molecule has 0 radical (unpaired) electrons. The molecule has 0 aliphatic heterocycles. The Kier molecular flexibility index (Phi) is 7.47. The molecule has 0 saturated carbocycles. The second kappa shape index (κ2) is 9.82. The van der Waals surface area contributed by atoms with Crippen molar-refractivity contribution in [2.45, 2.75) is 32.6 Å². The van der Waals surface area contributed by atoms with Crippen LogP contribution in [0.1, 0.15) is 43.1 Å². The lowest BCUT2D eigenvalue weighted by Gasteiger charge is -2.19. The minimum absolute atomic E-state index is 0.00174. The second-order valence-corrected chi connectivity index (χ2v) is 7.55. The zero-order valence-electron chi connectivity index (χ0n) is 16.8. The molecule has 0 bridgehead atoms. The van der Waals surface area contributed by atoms with Gasteiger partial charge < -0.3 is 15.4 Å². The molecule has 0 saturated heterocycles. The Labute approximate surface area is 169 Å². The number of benzene rings is 2. The van der Waals surface area contributed by atoms with Crippen LogP contribution in [0, 0.1) is 5.82 Å². The van der Waals surface area contributed by atoms with Gasteiger partial charge in [0.1, 0.15) is 5.82 Å². The summed E-state index contributed by atoms with van der Waals surface area (Å²) in [4.78, 5) is 35.6. The number of carbonyl (C=O) groups is 3. The fraction of sp³-hybridized carbons (Fsp3) is 0.318. The maximum atomic E-state index is 12.8. The van der Waals surface area contributed by atoms with Crippen LogP contribution < -0.4 is 10.6 Å². The van der Waals surface area contributed by atoms with Crippen molar-refractivity contribution < 1.29 is 23.5 Å². The van der Waals surface area contributed by atoms with Crippen LogP contribution in [0.4, 0.5) is 10.1 Å². The Balaban J connectivity index is 1.69. The molecule has 0 aliphatic rings. The third-order valence-electron chi connectivity index (χ3n) is 4.12. The van der Waals surface area contributed by atoms with E-state index in [0.29, 0.717) is 11.3 Å². The summed E-state index contributed by atoms with van der Waals surface area (Å²) < 4.78 is 17.7. The van der Waals surface area contributed by atoms with E-state index in [1.807, 2.05) is 12.1 Å². The smallest absolute Gasteiger partial charge is 0.308 e. The van der Waals surface area contributed by atoms with Gasteiger partial charge in [0.25, 0.3) is 11.8 Å². The summed E-state index contributed by atoms with van der Waals surface area (Å²) in [5.74, 6) is -1.84. The maximum Gasteiger partial charge on any atom is 0.308 e. The molecule has 0 heterocycles. The fourth-order valence-electron chi connectivity index (χ4n) is 2.45. The Morgan fingerprint density at radius 1 is 0.966 bits per heavy atom. The van der Waals surface area contributed by atoms with Crippen molar-refractivity contribution in [1.29, 1.82) is 0 Å². The summed E-state index contributed by atoms with van der Waals surface area (Å²) in [6.45, 7) is 5.91. The van der Waals surface area contributed by atoms with E-state index < -0.39 is 24.3 Å². The number of carbonyl (C=O) groups excluding carboxylic acids is 3. The molecule has 0 unspecified atom stereocenters. The third-order valence-corrected chi connectivity index (χ3v) is 4.12. The summed E-state index contributed by atoms with van der Waals surface area (Å²) >= 11 is 0. The van der Waals surface area contributed by atoms with Gasteiger partial charge in [-0.05, 0) is 47.4 Å². The first-order valence-corrected chi connectivity index (χ1v) is 9.25. The van der Waals surface area contributed by atoms with Gasteiger partial charge in [-0.25, -0.2) is 4.39 Å². The SMILES string of the molecule is CC(C)(C)c1ccc(C(=O)NCCC(=O)OCC(=O)Nc2ccc(F)cc2)cc1. The summed E-state index contributed by atoms with van der Waals surface area (Å²) in [6, 6.07) is 12.5. The number of anilines is 1. The highest BCUT2D eigenvalue weighted by atomic mass is 19.1. The number of amides is 2. The van der Waals surface area contributed by atoms with Gasteiger partial charge in [0.2, 0.25) is 0 Å². The largest absolute Gasteiger partial charge is 0.456 e. The Morgan fingerprint density at radius 2 is 1.59 bits per heavy atom. The Morgan fingerprint density at radius 3 is 2.17 bits per heavy atom. The number of esters is 1. The highest BCUT2D eigenvalue weighted by molar-refractivity contribution is 5.94. The van der Waals surface area contributed by atoms with E-state index in [0.717, 1.165) is 5.56 Å². The monoisotopic (exact) mass is 400 g/mol. The molecule has 6 nitrogen and oxygen atoms in total. The van der Waals surface area contributed by atoms with Crippen LogP contribution in [0.3, 0.4) is 0 Å². The van der Waals surface area contributed by atoms with Crippen molar-refractivity contribution in [1.82, 2.24) is 5.32 Å². The summed E-state index contributed by atoms with van der Waals surface area (Å²) in [6.07, 6.45) is -0.0599. The molecule has 2 amide bonds. The van der Waals surface area contributed by atoms with Gasteiger partial charge in [0, 0.05) is 17.8 Å². The van der Waals surface area contributed by atoms with Crippen LogP contribution in [0.5, 0.6) is 0 Å². The van der Waals surface area contributed by atoms with E-state index in [2.05, 4.69) is 31.4 Å². The van der Waals surface area contributed by atoms with Crippen LogP contribution in [0.15, 0.2) is 48.5 Å². The first-order valence-electron chi connectivity index (χ1n) is 9.25. The van der Waals surface area contributed by atoms with E-state index in [1.54, 1.807) is 12.1 Å². The average Bonchev–Trinajstić information content (AvgIpc) is 2.67. The minimum atomic E-state index is -0.609. The lowest BCUT2D eigenvalue weighted by molar-refractivity contribution is -0.147. The molecule has 2 aromatic rings. The van der Waals surface area contributed by atoms with E-state index >= 15 is 0 Å². The van der Waals surface area contributed by atoms with Crippen molar-refractivity contribution in [3.05, 3.63) is 65.5 Å². The van der Waals surface area contributed by atoms with Crippen molar-refractivity contribution in [3.63, 3.8) is 0 Å². The number of hydrogen-bond acceptors (Lipinski definition) is 4. The predicted molar refractivity (Wildman–Crippen MR) is 108 cm³/mol. The Bertz CT molecular complexity index is 856. The number of ether oxygens (including phenoxy) is 1. The van der Waals surface area contributed by atoms with E-state index in [4.69, 9.17) is 4.74 Å². The molecule has 2 rings (SSSR count). The zero-order chi connectivity index (χ0) is 21.4.